The summed E-state index contributed by atoms with van der Waals surface area (Å²) in [5, 5.41) is 12.5. The predicted octanol–water partition coefficient (Wildman–Crippen LogP) is 4.09. The molecule has 106 valence electrons. The largest absolute Gasteiger partial charge is 0.196 e. The van der Waals surface area contributed by atoms with Crippen LogP contribution in [0.2, 0.25) is 0 Å². The Morgan fingerprint density at radius 2 is 1.90 bits per heavy atom. The monoisotopic (exact) mass is 334 g/mol. The van der Waals surface area contributed by atoms with Gasteiger partial charge in [0.25, 0.3) is 0 Å². The highest BCUT2D eigenvalue weighted by molar-refractivity contribution is 9.10. The van der Waals surface area contributed by atoms with E-state index in [1.54, 1.807) is 0 Å². The van der Waals surface area contributed by atoms with Gasteiger partial charge in [-0.2, -0.15) is 4.68 Å². The minimum Gasteiger partial charge on any atom is -0.196 e. The number of aromatic nitrogens is 4. The average molecular weight is 335 g/mol. The maximum atomic E-state index is 4.30. The van der Waals surface area contributed by atoms with E-state index in [1.165, 1.54) is 43.2 Å². The minimum atomic E-state index is 0.492. The van der Waals surface area contributed by atoms with Crippen LogP contribution in [-0.2, 0) is 0 Å². The third-order valence-electron chi connectivity index (χ3n) is 4.07. The molecule has 3 rings (SSSR count). The Balaban J connectivity index is 2.05. The molecule has 0 bridgehead atoms. The third-order valence-corrected chi connectivity index (χ3v) is 4.68. The molecule has 0 saturated heterocycles. The molecule has 0 unspecified atom stereocenters. The van der Waals surface area contributed by atoms with Crippen molar-refractivity contribution in [2.75, 3.05) is 0 Å². The van der Waals surface area contributed by atoms with Gasteiger partial charge < -0.3 is 0 Å². The average Bonchev–Trinajstić information content (AvgIpc) is 2.87. The molecule has 0 spiro atoms. The first-order chi connectivity index (χ1) is 9.66. The first-order valence-corrected chi connectivity index (χ1v) is 8.01. The van der Waals surface area contributed by atoms with Gasteiger partial charge in [-0.15, -0.1) is 5.10 Å². The maximum absolute atomic E-state index is 4.30. The fourth-order valence-electron chi connectivity index (χ4n) is 3.14. The minimum absolute atomic E-state index is 0.492. The topological polar surface area (TPSA) is 43.6 Å². The van der Waals surface area contributed by atoms with Crippen LogP contribution in [0.4, 0.5) is 0 Å². The summed E-state index contributed by atoms with van der Waals surface area (Å²) in [5.41, 5.74) is 3.51. The summed E-state index contributed by atoms with van der Waals surface area (Å²) in [6.45, 7) is 4.21. The van der Waals surface area contributed by atoms with E-state index in [2.05, 4.69) is 57.4 Å². The Bertz CT molecular complexity index is 591. The highest BCUT2D eigenvalue weighted by Gasteiger charge is 2.23. The van der Waals surface area contributed by atoms with Gasteiger partial charge in [-0.1, -0.05) is 25.3 Å². The van der Waals surface area contributed by atoms with Crippen molar-refractivity contribution in [3.63, 3.8) is 0 Å². The van der Waals surface area contributed by atoms with Gasteiger partial charge in [-0.25, -0.2) is 0 Å². The van der Waals surface area contributed by atoms with E-state index in [9.17, 15) is 0 Å². The first kappa shape index (κ1) is 13.7. The Hall–Kier alpha value is -1.23. The molecule has 1 aromatic heterocycles. The number of aryl methyl sites for hydroxylation is 2. The van der Waals surface area contributed by atoms with E-state index in [0.29, 0.717) is 5.92 Å². The lowest BCUT2D eigenvalue weighted by Crippen LogP contribution is -2.13. The summed E-state index contributed by atoms with van der Waals surface area (Å²) in [4.78, 5) is 0. The van der Waals surface area contributed by atoms with E-state index in [-0.39, 0.29) is 0 Å². The molecule has 0 N–H and O–H groups in total. The van der Waals surface area contributed by atoms with Crippen molar-refractivity contribution in [3.05, 3.63) is 33.6 Å². The molecule has 1 aromatic carbocycles. The zero-order chi connectivity index (χ0) is 14.1. The van der Waals surface area contributed by atoms with Gasteiger partial charge in [0.05, 0.1) is 5.69 Å². The Morgan fingerprint density at radius 3 is 2.60 bits per heavy atom. The van der Waals surface area contributed by atoms with Crippen LogP contribution >= 0.6 is 15.9 Å². The van der Waals surface area contributed by atoms with Gasteiger partial charge in [0.2, 0.25) is 0 Å². The smallest absolute Gasteiger partial charge is 0.159 e. The zero-order valence-corrected chi connectivity index (χ0v) is 13.5. The van der Waals surface area contributed by atoms with Crippen LogP contribution in [0.25, 0.3) is 5.69 Å². The normalized spacial score (nSPS) is 16.6. The number of tetrazole rings is 1. The Labute approximate surface area is 127 Å². The summed E-state index contributed by atoms with van der Waals surface area (Å²) in [5.74, 6) is 1.50. The van der Waals surface area contributed by atoms with Gasteiger partial charge in [0.1, 0.15) is 0 Å². The van der Waals surface area contributed by atoms with E-state index >= 15 is 0 Å². The fourth-order valence-corrected chi connectivity index (χ4v) is 3.99. The predicted molar refractivity (Wildman–Crippen MR) is 82.2 cm³/mol. The Kier molecular flexibility index (Phi) is 3.87. The van der Waals surface area contributed by atoms with Crippen LogP contribution in [0.3, 0.4) is 0 Å². The molecule has 0 aliphatic heterocycles. The van der Waals surface area contributed by atoms with Gasteiger partial charge in [-0.3, -0.25) is 0 Å². The van der Waals surface area contributed by atoms with Crippen LogP contribution in [0.5, 0.6) is 0 Å². The van der Waals surface area contributed by atoms with Crippen LogP contribution in [0.15, 0.2) is 16.6 Å². The molecule has 1 aliphatic carbocycles. The SMILES string of the molecule is Cc1cc(C)c(-n2nnnc2C2CCCCC2)c(Br)c1. The summed E-state index contributed by atoms with van der Waals surface area (Å²) < 4.78 is 2.98. The molecule has 1 aliphatic rings. The van der Waals surface area contributed by atoms with Gasteiger partial charge in [-0.05, 0) is 70.2 Å². The lowest BCUT2D eigenvalue weighted by Gasteiger charge is -2.21. The van der Waals surface area contributed by atoms with Crippen molar-refractivity contribution in [1.82, 2.24) is 20.2 Å². The van der Waals surface area contributed by atoms with Crippen LogP contribution < -0.4 is 0 Å². The van der Waals surface area contributed by atoms with Crippen LogP contribution in [-0.4, -0.2) is 20.2 Å². The van der Waals surface area contributed by atoms with E-state index in [0.717, 1.165) is 16.0 Å². The van der Waals surface area contributed by atoms with E-state index < -0.39 is 0 Å². The molecule has 2 aromatic rings. The summed E-state index contributed by atoms with van der Waals surface area (Å²) in [7, 11) is 0. The van der Waals surface area contributed by atoms with Crippen molar-refractivity contribution in [2.24, 2.45) is 0 Å². The molecular formula is C15H19BrN4. The second kappa shape index (κ2) is 5.64. The second-order valence-corrected chi connectivity index (χ2v) is 6.55. The van der Waals surface area contributed by atoms with Crippen molar-refractivity contribution >= 4 is 15.9 Å². The van der Waals surface area contributed by atoms with Crippen molar-refractivity contribution < 1.29 is 0 Å². The van der Waals surface area contributed by atoms with Crippen molar-refractivity contribution in [3.8, 4) is 5.69 Å². The second-order valence-electron chi connectivity index (χ2n) is 5.70. The first-order valence-electron chi connectivity index (χ1n) is 7.22. The van der Waals surface area contributed by atoms with Crippen LogP contribution in [0, 0.1) is 13.8 Å². The number of rotatable bonds is 2. The molecule has 1 heterocycles. The molecular weight excluding hydrogens is 316 g/mol. The van der Waals surface area contributed by atoms with Gasteiger partial charge in [0.15, 0.2) is 5.82 Å². The molecule has 1 fully saturated rings. The number of halogens is 1. The molecule has 5 heteroatoms. The van der Waals surface area contributed by atoms with Crippen molar-refractivity contribution in [1.29, 1.82) is 0 Å². The highest BCUT2D eigenvalue weighted by Crippen LogP contribution is 2.34. The Morgan fingerprint density at radius 1 is 1.15 bits per heavy atom. The number of benzene rings is 1. The summed E-state index contributed by atoms with van der Waals surface area (Å²) >= 11 is 3.66. The third kappa shape index (κ3) is 2.51. The van der Waals surface area contributed by atoms with E-state index in [1.807, 2.05) is 4.68 Å². The highest BCUT2D eigenvalue weighted by atomic mass is 79.9. The summed E-state index contributed by atoms with van der Waals surface area (Å²) in [6, 6.07) is 4.29. The van der Waals surface area contributed by atoms with E-state index in [4.69, 9.17) is 0 Å². The number of nitrogens with zero attached hydrogens (tertiary/aromatic N) is 4. The number of hydrogen-bond donors (Lipinski definition) is 0. The lowest BCUT2D eigenvalue weighted by molar-refractivity contribution is 0.422. The summed E-state index contributed by atoms with van der Waals surface area (Å²) in [6.07, 6.45) is 6.30. The zero-order valence-electron chi connectivity index (χ0n) is 11.9. The maximum Gasteiger partial charge on any atom is 0.159 e. The molecule has 1 saturated carbocycles. The lowest BCUT2D eigenvalue weighted by atomic mass is 9.88. The van der Waals surface area contributed by atoms with Crippen molar-refractivity contribution in [2.45, 2.75) is 51.9 Å². The molecule has 0 radical (unpaired) electrons. The molecule has 4 nitrogen and oxygen atoms in total. The number of hydrogen-bond acceptors (Lipinski definition) is 3. The van der Waals surface area contributed by atoms with Crippen LogP contribution in [0.1, 0.15) is 55.0 Å². The standard InChI is InChI=1S/C15H19BrN4/c1-10-8-11(2)14(13(16)9-10)20-15(17-18-19-20)12-6-4-3-5-7-12/h8-9,12H,3-7H2,1-2H3. The van der Waals surface area contributed by atoms with Gasteiger partial charge in [0, 0.05) is 10.4 Å². The molecule has 20 heavy (non-hydrogen) atoms. The quantitative estimate of drug-likeness (QED) is 0.830. The molecule has 0 amide bonds. The van der Waals surface area contributed by atoms with Gasteiger partial charge >= 0.3 is 0 Å². The fraction of sp³-hybridized carbons (Fsp3) is 0.533. The molecule has 0 atom stereocenters.